The largest absolute Gasteiger partial charge is 0.396 e. The maximum absolute atomic E-state index is 13.4. The smallest absolute Gasteiger partial charge is 0.244 e. The van der Waals surface area contributed by atoms with Crippen molar-refractivity contribution in [2.75, 3.05) is 20.2 Å². The van der Waals surface area contributed by atoms with Crippen LogP contribution in [0.5, 0.6) is 0 Å². The summed E-state index contributed by atoms with van der Waals surface area (Å²) < 4.78 is -0.599. The summed E-state index contributed by atoms with van der Waals surface area (Å²) >= 11 is 5.34. The van der Waals surface area contributed by atoms with Crippen LogP contribution in [0.4, 0.5) is 0 Å². The monoisotopic (exact) mass is 475 g/mol. The number of hydrogen-bond acceptors (Lipinski definition) is 5. The summed E-state index contributed by atoms with van der Waals surface area (Å²) in [6.07, 6.45) is 2.94. The lowest BCUT2D eigenvalue weighted by Gasteiger charge is -2.35. The molecule has 3 heterocycles. The van der Waals surface area contributed by atoms with E-state index in [1.54, 1.807) is 23.7 Å². The van der Waals surface area contributed by atoms with Crippen LogP contribution in [0.15, 0.2) is 0 Å². The van der Waals surface area contributed by atoms with Crippen molar-refractivity contribution < 1.29 is 19.5 Å². The number of aliphatic hydroxyl groups is 1. The summed E-state index contributed by atoms with van der Waals surface area (Å²) in [5.41, 5.74) is 0. The van der Waals surface area contributed by atoms with Crippen LogP contribution in [0, 0.1) is 11.8 Å². The molecule has 7 nitrogen and oxygen atoms in total. The summed E-state index contributed by atoms with van der Waals surface area (Å²) in [5.74, 6) is -1.33. The van der Waals surface area contributed by atoms with Crippen LogP contribution in [-0.4, -0.2) is 74.8 Å². The van der Waals surface area contributed by atoms with Gasteiger partial charge in [0.15, 0.2) is 0 Å². The molecule has 158 valence electrons. The lowest BCUT2D eigenvalue weighted by Crippen LogP contribution is -2.56. The molecule has 3 rings (SSSR count). The Kier molecular flexibility index (Phi) is 6.66. The van der Waals surface area contributed by atoms with E-state index in [0.29, 0.717) is 19.4 Å². The van der Waals surface area contributed by atoms with Gasteiger partial charge in [-0.2, -0.15) is 0 Å². The van der Waals surface area contributed by atoms with Crippen molar-refractivity contribution in [3.05, 3.63) is 0 Å². The van der Waals surface area contributed by atoms with Crippen molar-refractivity contribution in [1.29, 1.82) is 0 Å². The van der Waals surface area contributed by atoms with Crippen LogP contribution in [-0.2, 0) is 14.4 Å². The molecule has 0 aromatic heterocycles. The Morgan fingerprint density at radius 3 is 2.75 bits per heavy atom. The summed E-state index contributed by atoms with van der Waals surface area (Å²) in [7, 11) is 1.59. The Bertz CT molecular complexity index is 651. The molecule has 4 unspecified atom stereocenters. The molecule has 0 saturated carbocycles. The quantitative estimate of drug-likeness (QED) is 0.452. The minimum absolute atomic E-state index is 0.0164. The Morgan fingerprint density at radius 2 is 2.14 bits per heavy atom. The van der Waals surface area contributed by atoms with Gasteiger partial charge in [-0.05, 0) is 26.2 Å². The van der Waals surface area contributed by atoms with E-state index in [1.165, 1.54) is 0 Å². The maximum atomic E-state index is 13.4. The first-order valence-corrected chi connectivity index (χ1v) is 11.9. The minimum atomic E-state index is -0.611. The average Bonchev–Trinajstić information content (AvgIpc) is 3.23. The third kappa shape index (κ3) is 3.37. The van der Waals surface area contributed by atoms with Gasteiger partial charge in [-0.1, -0.05) is 29.3 Å². The van der Waals surface area contributed by atoms with E-state index in [9.17, 15) is 19.5 Å². The zero-order valence-electron chi connectivity index (χ0n) is 16.6. The number of rotatable bonds is 8. The second-order valence-corrected chi connectivity index (χ2v) is 10.8. The van der Waals surface area contributed by atoms with Crippen molar-refractivity contribution in [3.8, 4) is 0 Å². The molecule has 28 heavy (non-hydrogen) atoms. The molecule has 3 amide bonds. The number of carbonyl (C=O) groups is 3. The fraction of sp³-hybridized carbons (Fsp3) is 0.842. The highest BCUT2D eigenvalue weighted by atomic mass is 79.9. The molecule has 7 atom stereocenters. The van der Waals surface area contributed by atoms with Crippen molar-refractivity contribution in [2.45, 2.75) is 66.4 Å². The number of amides is 3. The second-order valence-electron chi connectivity index (χ2n) is 8.08. The van der Waals surface area contributed by atoms with Crippen molar-refractivity contribution in [3.63, 3.8) is 0 Å². The van der Waals surface area contributed by atoms with E-state index >= 15 is 0 Å². The van der Waals surface area contributed by atoms with E-state index in [-0.39, 0.29) is 40.4 Å². The summed E-state index contributed by atoms with van der Waals surface area (Å²) in [6, 6.07) is -0.582. The van der Waals surface area contributed by atoms with Crippen LogP contribution in [0.3, 0.4) is 0 Å². The Balaban J connectivity index is 1.97. The first-order chi connectivity index (χ1) is 13.3. The summed E-state index contributed by atoms with van der Waals surface area (Å²) in [6.45, 7) is 4.33. The third-order valence-electron chi connectivity index (χ3n) is 6.25. The maximum Gasteiger partial charge on any atom is 0.244 e. The van der Waals surface area contributed by atoms with Crippen LogP contribution in [0.1, 0.15) is 39.5 Å². The third-order valence-corrected chi connectivity index (χ3v) is 9.47. The summed E-state index contributed by atoms with van der Waals surface area (Å²) in [4.78, 5) is 41.1. The normalized spacial score (nSPS) is 37.1. The number of fused-ring (bicyclic) bond motifs is 1. The minimum Gasteiger partial charge on any atom is -0.396 e. The van der Waals surface area contributed by atoms with E-state index in [2.05, 4.69) is 33.5 Å². The number of nitrogens with one attached hydrogen (secondary N) is 2. The van der Waals surface area contributed by atoms with Gasteiger partial charge in [-0.15, -0.1) is 11.8 Å². The number of alkyl halides is 1. The molecule has 0 radical (unpaired) electrons. The topological polar surface area (TPSA) is 98.7 Å². The molecule has 1 spiro atoms. The van der Waals surface area contributed by atoms with Gasteiger partial charge in [0.1, 0.15) is 6.04 Å². The Hall–Kier alpha value is -0.800. The zero-order chi connectivity index (χ0) is 20.6. The van der Waals surface area contributed by atoms with Gasteiger partial charge in [0.25, 0.3) is 0 Å². The van der Waals surface area contributed by atoms with E-state index in [0.717, 1.165) is 12.8 Å². The zero-order valence-corrected chi connectivity index (χ0v) is 19.0. The number of thioether (sulfide) groups is 1. The van der Waals surface area contributed by atoms with Gasteiger partial charge in [0, 0.05) is 36.3 Å². The number of carbonyl (C=O) groups excluding carboxylic acids is 3. The number of aliphatic hydroxyl groups excluding tert-OH is 1. The molecule has 3 fully saturated rings. The molecule has 3 N–H and O–H groups in total. The average molecular weight is 476 g/mol. The molecule has 0 aromatic carbocycles. The van der Waals surface area contributed by atoms with Crippen LogP contribution in [0.2, 0.25) is 0 Å². The predicted octanol–water partition coefficient (Wildman–Crippen LogP) is 0.884. The van der Waals surface area contributed by atoms with Crippen LogP contribution < -0.4 is 10.6 Å². The number of likely N-dealkylation sites (tertiary alicyclic amines) is 1. The number of hydrogen-bond donors (Lipinski definition) is 3. The molecule has 2 bridgehead atoms. The van der Waals surface area contributed by atoms with Crippen LogP contribution in [0.25, 0.3) is 0 Å². The fourth-order valence-corrected chi connectivity index (χ4v) is 8.82. The molecule has 0 aromatic rings. The molecular weight excluding hydrogens is 446 g/mol. The fourth-order valence-electron chi connectivity index (χ4n) is 5.20. The van der Waals surface area contributed by atoms with Gasteiger partial charge in [-0.3, -0.25) is 14.4 Å². The van der Waals surface area contributed by atoms with Crippen molar-refractivity contribution in [1.82, 2.24) is 15.5 Å². The molecule has 3 aliphatic heterocycles. The predicted molar refractivity (Wildman–Crippen MR) is 112 cm³/mol. The Morgan fingerprint density at radius 1 is 1.43 bits per heavy atom. The van der Waals surface area contributed by atoms with Gasteiger partial charge in [-0.25, -0.2) is 0 Å². The first-order valence-electron chi connectivity index (χ1n) is 10.1. The lowest BCUT2D eigenvalue weighted by atomic mass is 9.70. The SMILES string of the molecule is CCCC(C)NC(=O)C1N(CCCO)C(=O)[C@@H]2[C@@H](C(=O)NC)[C@@H]3SC12CC3Br. The van der Waals surface area contributed by atoms with Crippen LogP contribution >= 0.6 is 27.7 Å². The standard InChI is InChI=1S/C19H30BrN3O4S/c1-4-6-10(2)22-17(26)15-19-9-11(20)14(28-19)12(16(25)21-3)13(19)18(27)23(15)7-5-8-24/h10-15,24H,4-9H2,1-3H3,(H,21,25)(H,22,26)/t10?,11?,12-,13+,14-,15?,19?/m1/s1. The van der Waals surface area contributed by atoms with Gasteiger partial charge >= 0.3 is 0 Å². The van der Waals surface area contributed by atoms with Gasteiger partial charge in [0.2, 0.25) is 17.7 Å². The number of halogens is 1. The molecular formula is C19H30BrN3O4S. The molecule has 3 aliphatic rings. The van der Waals surface area contributed by atoms with Gasteiger partial charge in [0.05, 0.1) is 16.6 Å². The highest BCUT2D eigenvalue weighted by Gasteiger charge is 2.75. The van der Waals surface area contributed by atoms with E-state index in [1.807, 2.05) is 6.92 Å². The van der Waals surface area contributed by atoms with Crippen molar-refractivity contribution >= 4 is 45.4 Å². The second kappa shape index (κ2) is 8.52. The van der Waals surface area contributed by atoms with Gasteiger partial charge < -0.3 is 20.6 Å². The molecule has 0 aliphatic carbocycles. The van der Waals surface area contributed by atoms with E-state index in [4.69, 9.17) is 0 Å². The first kappa shape index (κ1) is 21.9. The molecule has 9 heteroatoms. The Labute approximate surface area is 178 Å². The molecule has 3 saturated heterocycles. The lowest BCUT2D eigenvalue weighted by molar-refractivity contribution is -0.140. The number of nitrogens with zero attached hydrogens (tertiary/aromatic N) is 1. The highest BCUT2D eigenvalue weighted by molar-refractivity contribution is 9.09. The summed E-state index contributed by atoms with van der Waals surface area (Å²) in [5, 5.41) is 15.1. The van der Waals surface area contributed by atoms with Crippen molar-refractivity contribution in [2.24, 2.45) is 11.8 Å². The highest BCUT2D eigenvalue weighted by Crippen LogP contribution is 2.67. The van der Waals surface area contributed by atoms with E-state index < -0.39 is 22.6 Å².